The van der Waals surface area contributed by atoms with Gasteiger partial charge < -0.3 is 8.83 Å². The molecule has 1 atom stereocenters. The molecule has 0 radical (unpaired) electrons. The first kappa shape index (κ1) is 20.8. The molecule has 0 fully saturated rings. The van der Waals surface area contributed by atoms with E-state index in [1.54, 1.807) is 0 Å². The summed E-state index contributed by atoms with van der Waals surface area (Å²) in [7, 11) is -1.05. The van der Waals surface area contributed by atoms with E-state index in [4.69, 9.17) is 8.83 Å². The Bertz CT molecular complexity index is 209. The van der Waals surface area contributed by atoms with Crippen molar-refractivity contribution in [3.63, 3.8) is 0 Å². The monoisotopic (exact) mass is 322 g/mol. The van der Waals surface area contributed by atoms with Crippen molar-refractivity contribution in [2.24, 2.45) is 0 Å². The van der Waals surface area contributed by atoms with Gasteiger partial charge in [0.15, 0.2) is 8.38 Å². The minimum atomic E-state index is -0.757. The van der Waals surface area contributed by atoms with Gasteiger partial charge in [-0.25, -0.2) is 0 Å². The molecule has 0 saturated carbocycles. The van der Waals surface area contributed by atoms with Crippen LogP contribution in [0.5, 0.6) is 0 Å². The average Bonchev–Trinajstić information content (AvgIpc) is 2.39. The van der Waals surface area contributed by atoms with Crippen LogP contribution in [0.25, 0.3) is 0 Å². The second kappa shape index (κ2) is 12.3. The zero-order chi connectivity index (χ0) is 15.4. The number of hydrogen-bond acceptors (Lipinski definition) is 2. The van der Waals surface area contributed by atoms with E-state index in [1.165, 1.54) is 44.4 Å². The topological polar surface area (TPSA) is 18.5 Å². The van der Waals surface area contributed by atoms with Crippen LogP contribution in [0.3, 0.4) is 0 Å². The standard InChI is InChI=1S/C16H36O2P2/c1-7-10-13-17-20(16(4,5)6)18-19(14-11-8-2)15-12-9-3/h7-15H2,1-6H3. The third kappa shape index (κ3) is 10.5. The van der Waals surface area contributed by atoms with Gasteiger partial charge >= 0.3 is 0 Å². The summed E-state index contributed by atoms with van der Waals surface area (Å²) in [5.74, 6) is 0. The van der Waals surface area contributed by atoms with Gasteiger partial charge in [0.25, 0.3) is 0 Å². The molecule has 0 aliphatic rings. The summed E-state index contributed by atoms with van der Waals surface area (Å²) >= 11 is 0. The summed E-state index contributed by atoms with van der Waals surface area (Å²) in [5.41, 5.74) is 0. The molecular formula is C16H36O2P2. The van der Waals surface area contributed by atoms with E-state index in [0.717, 1.165) is 13.0 Å². The lowest BCUT2D eigenvalue weighted by molar-refractivity contribution is 0.297. The molecule has 4 heteroatoms. The fourth-order valence-electron chi connectivity index (χ4n) is 1.60. The Morgan fingerprint density at radius 2 is 1.30 bits per heavy atom. The minimum absolute atomic E-state index is 0.127. The first-order valence-electron chi connectivity index (χ1n) is 8.31. The Labute approximate surface area is 130 Å². The normalized spacial score (nSPS) is 13.9. The maximum absolute atomic E-state index is 6.47. The van der Waals surface area contributed by atoms with Gasteiger partial charge in [0.2, 0.25) is 0 Å². The molecule has 2 nitrogen and oxygen atoms in total. The lowest BCUT2D eigenvalue weighted by atomic mass is 10.3. The van der Waals surface area contributed by atoms with Crippen LogP contribution in [0.1, 0.15) is 80.1 Å². The molecule has 0 aliphatic heterocycles. The highest BCUT2D eigenvalue weighted by Crippen LogP contribution is 2.61. The molecule has 0 spiro atoms. The van der Waals surface area contributed by atoms with Gasteiger partial charge in [0, 0.05) is 13.3 Å². The molecule has 122 valence electrons. The second-order valence-corrected chi connectivity index (χ2v) is 11.0. The van der Waals surface area contributed by atoms with Crippen molar-refractivity contribution < 1.29 is 8.83 Å². The summed E-state index contributed by atoms with van der Waals surface area (Å²) in [6.45, 7) is 14.3. The minimum Gasteiger partial charge on any atom is -0.334 e. The molecule has 20 heavy (non-hydrogen) atoms. The van der Waals surface area contributed by atoms with Crippen molar-refractivity contribution in [1.29, 1.82) is 0 Å². The third-order valence-corrected chi connectivity index (χ3v) is 7.63. The molecule has 0 rings (SSSR count). The highest BCUT2D eigenvalue weighted by atomic mass is 31.2. The maximum Gasteiger partial charge on any atom is 0.179 e. The van der Waals surface area contributed by atoms with Gasteiger partial charge in [-0.3, -0.25) is 0 Å². The molecule has 0 heterocycles. The van der Waals surface area contributed by atoms with Crippen LogP contribution in [0, 0.1) is 0 Å². The van der Waals surface area contributed by atoms with Crippen molar-refractivity contribution in [2.75, 3.05) is 18.9 Å². The van der Waals surface area contributed by atoms with E-state index >= 15 is 0 Å². The Morgan fingerprint density at radius 1 is 0.800 bits per heavy atom. The predicted octanol–water partition coefficient (Wildman–Crippen LogP) is 6.93. The van der Waals surface area contributed by atoms with Crippen molar-refractivity contribution in [1.82, 2.24) is 0 Å². The zero-order valence-electron chi connectivity index (χ0n) is 14.6. The Balaban J connectivity index is 4.43. The van der Waals surface area contributed by atoms with Crippen LogP contribution in [0.2, 0.25) is 0 Å². The van der Waals surface area contributed by atoms with Crippen LogP contribution in [0.4, 0.5) is 0 Å². The molecule has 0 amide bonds. The Hall–Kier alpha value is 0.780. The van der Waals surface area contributed by atoms with Gasteiger partial charge in [-0.2, -0.15) is 0 Å². The SMILES string of the molecule is CCCCOP(OP(CCCC)CCCC)C(C)(C)C. The molecule has 0 aromatic heterocycles. The molecule has 0 saturated heterocycles. The highest BCUT2D eigenvalue weighted by molar-refractivity contribution is 7.64. The second-order valence-electron chi connectivity index (χ2n) is 6.33. The van der Waals surface area contributed by atoms with E-state index in [1.807, 2.05) is 0 Å². The van der Waals surface area contributed by atoms with Crippen LogP contribution in [-0.2, 0) is 8.83 Å². The molecule has 0 bridgehead atoms. The fraction of sp³-hybridized carbons (Fsp3) is 1.00. The summed E-state index contributed by atoms with van der Waals surface area (Å²) < 4.78 is 12.6. The molecular weight excluding hydrogens is 286 g/mol. The molecule has 0 N–H and O–H groups in total. The van der Waals surface area contributed by atoms with Crippen molar-refractivity contribution in [3.05, 3.63) is 0 Å². The number of rotatable bonds is 12. The summed E-state index contributed by atoms with van der Waals surface area (Å²) in [5, 5.41) is 0.127. The quantitative estimate of drug-likeness (QED) is 0.286. The predicted molar refractivity (Wildman–Crippen MR) is 95.1 cm³/mol. The van der Waals surface area contributed by atoms with Gasteiger partial charge in [-0.15, -0.1) is 0 Å². The molecule has 0 aromatic carbocycles. The van der Waals surface area contributed by atoms with E-state index in [2.05, 4.69) is 41.5 Å². The molecule has 0 aliphatic carbocycles. The van der Waals surface area contributed by atoms with Crippen LogP contribution >= 0.6 is 16.5 Å². The first-order chi connectivity index (χ1) is 9.45. The van der Waals surface area contributed by atoms with Gasteiger partial charge in [0.05, 0.1) is 6.61 Å². The first-order valence-corrected chi connectivity index (χ1v) is 11.1. The van der Waals surface area contributed by atoms with E-state index < -0.39 is 8.38 Å². The van der Waals surface area contributed by atoms with Gasteiger partial charge in [0.1, 0.15) is 0 Å². The number of hydrogen-bond donors (Lipinski definition) is 0. The van der Waals surface area contributed by atoms with Crippen molar-refractivity contribution >= 4 is 16.5 Å². The van der Waals surface area contributed by atoms with Crippen LogP contribution in [0.15, 0.2) is 0 Å². The summed E-state index contributed by atoms with van der Waals surface area (Å²) in [4.78, 5) is 0. The summed E-state index contributed by atoms with van der Waals surface area (Å²) in [6, 6.07) is 0. The van der Waals surface area contributed by atoms with Gasteiger partial charge in [-0.1, -0.05) is 60.8 Å². The summed E-state index contributed by atoms with van der Waals surface area (Å²) in [6.07, 6.45) is 9.93. The number of unbranched alkanes of at least 4 members (excludes halogenated alkanes) is 3. The fourth-order valence-corrected chi connectivity index (χ4v) is 6.50. The average molecular weight is 322 g/mol. The maximum atomic E-state index is 6.47. The van der Waals surface area contributed by atoms with E-state index in [9.17, 15) is 0 Å². The lowest BCUT2D eigenvalue weighted by Crippen LogP contribution is -2.15. The molecule has 0 aromatic rings. The molecule has 1 unspecified atom stereocenters. The smallest absolute Gasteiger partial charge is 0.179 e. The van der Waals surface area contributed by atoms with Crippen molar-refractivity contribution in [3.8, 4) is 0 Å². The lowest BCUT2D eigenvalue weighted by Gasteiger charge is -2.32. The Morgan fingerprint density at radius 3 is 1.70 bits per heavy atom. The van der Waals surface area contributed by atoms with Crippen LogP contribution in [-0.4, -0.2) is 24.1 Å². The zero-order valence-corrected chi connectivity index (χ0v) is 16.4. The van der Waals surface area contributed by atoms with E-state index in [-0.39, 0.29) is 13.3 Å². The van der Waals surface area contributed by atoms with Crippen LogP contribution < -0.4 is 0 Å². The van der Waals surface area contributed by atoms with E-state index in [0.29, 0.717) is 0 Å². The Kier molecular flexibility index (Phi) is 12.8. The largest absolute Gasteiger partial charge is 0.334 e. The third-order valence-electron chi connectivity index (χ3n) is 2.97. The van der Waals surface area contributed by atoms with Gasteiger partial charge in [-0.05, 0) is 31.6 Å². The van der Waals surface area contributed by atoms with Crippen molar-refractivity contribution in [2.45, 2.75) is 85.2 Å². The highest BCUT2D eigenvalue weighted by Gasteiger charge is 2.30.